The van der Waals surface area contributed by atoms with Crippen LogP contribution in [0.1, 0.15) is 40.4 Å². The number of hydrogen-bond donors (Lipinski definition) is 1. The van der Waals surface area contributed by atoms with Crippen molar-refractivity contribution < 1.29 is 9.90 Å². The normalized spacial score (nSPS) is 20.8. The summed E-state index contributed by atoms with van der Waals surface area (Å²) in [5.74, 6) is 0.729. The molecule has 18 heavy (non-hydrogen) atoms. The predicted molar refractivity (Wildman–Crippen MR) is 74.2 cm³/mol. The van der Waals surface area contributed by atoms with Crippen LogP contribution in [0, 0.1) is 18.8 Å². The standard InChI is InChI=1S/C14H21NO2S/c1-9(2)11-4-5-15(7-11)8-12-6-13(14(16)17)18-10(12)3/h6,9,11H,4-5,7-8H2,1-3H3,(H,16,17). The number of carboxylic acids is 1. The Morgan fingerprint density at radius 2 is 2.33 bits per heavy atom. The van der Waals surface area contributed by atoms with Gasteiger partial charge >= 0.3 is 5.97 Å². The molecule has 1 unspecified atom stereocenters. The van der Waals surface area contributed by atoms with E-state index >= 15 is 0 Å². The summed E-state index contributed by atoms with van der Waals surface area (Å²) in [7, 11) is 0. The van der Waals surface area contributed by atoms with Gasteiger partial charge in [-0.2, -0.15) is 0 Å². The van der Waals surface area contributed by atoms with Crippen molar-refractivity contribution in [2.75, 3.05) is 13.1 Å². The number of carboxylic acid groups (broad SMARTS) is 1. The first-order valence-electron chi connectivity index (χ1n) is 6.52. The lowest BCUT2D eigenvalue weighted by Gasteiger charge is -2.17. The van der Waals surface area contributed by atoms with Gasteiger partial charge in [-0.25, -0.2) is 4.79 Å². The number of aryl methyl sites for hydroxylation is 1. The zero-order chi connectivity index (χ0) is 13.3. The van der Waals surface area contributed by atoms with Gasteiger partial charge in [0.2, 0.25) is 0 Å². The van der Waals surface area contributed by atoms with Crippen molar-refractivity contribution in [3.05, 3.63) is 21.4 Å². The number of hydrogen-bond acceptors (Lipinski definition) is 3. The van der Waals surface area contributed by atoms with Gasteiger partial charge in [0.1, 0.15) is 4.88 Å². The fourth-order valence-electron chi connectivity index (χ4n) is 2.57. The first kappa shape index (κ1) is 13.6. The summed E-state index contributed by atoms with van der Waals surface area (Å²) in [6.07, 6.45) is 1.27. The Bertz CT molecular complexity index is 439. The second-order valence-electron chi connectivity index (χ2n) is 5.53. The van der Waals surface area contributed by atoms with E-state index in [-0.39, 0.29) is 0 Å². The molecule has 0 bridgehead atoms. The van der Waals surface area contributed by atoms with Crippen LogP contribution in [0.5, 0.6) is 0 Å². The summed E-state index contributed by atoms with van der Waals surface area (Å²) in [6.45, 7) is 9.77. The van der Waals surface area contributed by atoms with Crippen molar-refractivity contribution in [1.29, 1.82) is 0 Å². The number of aromatic carboxylic acids is 1. The van der Waals surface area contributed by atoms with Gasteiger partial charge < -0.3 is 5.11 Å². The maximum atomic E-state index is 10.9. The summed E-state index contributed by atoms with van der Waals surface area (Å²) in [5.41, 5.74) is 1.18. The molecule has 1 aromatic rings. The second kappa shape index (κ2) is 5.41. The first-order chi connectivity index (χ1) is 8.47. The van der Waals surface area contributed by atoms with E-state index in [1.54, 1.807) is 0 Å². The van der Waals surface area contributed by atoms with Crippen molar-refractivity contribution >= 4 is 17.3 Å². The minimum atomic E-state index is -0.809. The van der Waals surface area contributed by atoms with Gasteiger partial charge in [0.25, 0.3) is 0 Å². The average molecular weight is 267 g/mol. The van der Waals surface area contributed by atoms with Crippen LogP contribution in [0.4, 0.5) is 0 Å². The molecule has 4 heteroatoms. The highest BCUT2D eigenvalue weighted by atomic mass is 32.1. The Balaban J connectivity index is 2.00. The molecule has 0 aromatic carbocycles. The Morgan fingerprint density at radius 3 is 2.83 bits per heavy atom. The van der Waals surface area contributed by atoms with Crippen molar-refractivity contribution in [1.82, 2.24) is 4.90 Å². The zero-order valence-electron chi connectivity index (χ0n) is 11.3. The number of likely N-dealkylation sites (tertiary alicyclic amines) is 1. The summed E-state index contributed by atoms with van der Waals surface area (Å²) in [5, 5.41) is 9.00. The van der Waals surface area contributed by atoms with Gasteiger partial charge in [0.15, 0.2) is 0 Å². The van der Waals surface area contributed by atoms with Crippen LogP contribution in [0.3, 0.4) is 0 Å². The van der Waals surface area contributed by atoms with E-state index in [1.807, 2.05) is 13.0 Å². The second-order valence-corrected chi connectivity index (χ2v) is 6.78. The van der Waals surface area contributed by atoms with Crippen molar-refractivity contribution in [3.63, 3.8) is 0 Å². The molecular weight excluding hydrogens is 246 g/mol. The molecule has 1 atom stereocenters. The smallest absolute Gasteiger partial charge is 0.345 e. The van der Waals surface area contributed by atoms with Crippen molar-refractivity contribution in [3.8, 4) is 0 Å². The van der Waals surface area contributed by atoms with Crippen LogP contribution in [0.2, 0.25) is 0 Å². The van der Waals surface area contributed by atoms with Crippen LogP contribution < -0.4 is 0 Å². The maximum Gasteiger partial charge on any atom is 0.345 e. The lowest BCUT2D eigenvalue weighted by molar-refractivity contribution is 0.0702. The minimum Gasteiger partial charge on any atom is -0.477 e. The molecule has 0 aliphatic carbocycles. The highest BCUT2D eigenvalue weighted by molar-refractivity contribution is 7.14. The Hall–Kier alpha value is -0.870. The third-order valence-electron chi connectivity index (χ3n) is 3.88. The monoisotopic (exact) mass is 267 g/mol. The van der Waals surface area contributed by atoms with Crippen molar-refractivity contribution in [2.45, 2.75) is 33.7 Å². The summed E-state index contributed by atoms with van der Waals surface area (Å²) >= 11 is 1.39. The highest BCUT2D eigenvalue weighted by Crippen LogP contribution is 2.28. The minimum absolute atomic E-state index is 0.460. The quantitative estimate of drug-likeness (QED) is 0.910. The molecule has 3 nitrogen and oxygen atoms in total. The molecule has 2 heterocycles. The molecule has 1 aliphatic heterocycles. The van der Waals surface area contributed by atoms with Gasteiger partial charge in [0, 0.05) is 18.0 Å². The van der Waals surface area contributed by atoms with Crippen LogP contribution >= 0.6 is 11.3 Å². The molecule has 1 aliphatic rings. The van der Waals surface area contributed by atoms with E-state index in [0.717, 1.165) is 36.3 Å². The first-order valence-corrected chi connectivity index (χ1v) is 7.34. The van der Waals surface area contributed by atoms with E-state index in [0.29, 0.717) is 4.88 Å². The molecule has 1 fully saturated rings. The SMILES string of the molecule is Cc1sc(C(=O)O)cc1CN1CCC(C(C)C)C1. The average Bonchev–Trinajstić information content (AvgIpc) is 2.87. The third kappa shape index (κ3) is 2.93. The van der Waals surface area contributed by atoms with Crippen LogP contribution in [0.15, 0.2) is 6.07 Å². The van der Waals surface area contributed by atoms with Gasteiger partial charge in [-0.1, -0.05) is 13.8 Å². The third-order valence-corrected chi connectivity index (χ3v) is 4.96. The lowest BCUT2D eigenvalue weighted by atomic mass is 9.95. The Labute approximate surface area is 112 Å². The van der Waals surface area contributed by atoms with E-state index in [2.05, 4.69) is 18.7 Å². The van der Waals surface area contributed by atoms with Crippen LogP contribution in [-0.2, 0) is 6.54 Å². The van der Waals surface area contributed by atoms with Gasteiger partial charge in [0.05, 0.1) is 0 Å². The molecule has 100 valence electrons. The van der Waals surface area contributed by atoms with E-state index in [1.165, 1.54) is 23.3 Å². The summed E-state index contributed by atoms with van der Waals surface area (Å²) in [6, 6.07) is 1.84. The Morgan fingerprint density at radius 1 is 1.61 bits per heavy atom. The Kier molecular flexibility index (Phi) is 4.07. The van der Waals surface area contributed by atoms with E-state index in [4.69, 9.17) is 5.11 Å². The largest absolute Gasteiger partial charge is 0.477 e. The van der Waals surface area contributed by atoms with Gasteiger partial charge in [-0.3, -0.25) is 4.90 Å². The lowest BCUT2D eigenvalue weighted by Crippen LogP contribution is -2.21. The highest BCUT2D eigenvalue weighted by Gasteiger charge is 2.25. The fourth-order valence-corrected chi connectivity index (χ4v) is 3.45. The van der Waals surface area contributed by atoms with E-state index < -0.39 is 5.97 Å². The summed E-state index contributed by atoms with van der Waals surface area (Å²) in [4.78, 5) is 15.0. The van der Waals surface area contributed by atoms with Crippen LogP contribution in [0.25, 0.3) is 0 Å². The molecule has 1 N–H and O–H groups in total. The number of carbonyl (C=O) groups is 1. The molecular formula is C14H21NO2S. The van der Waals surface area contributed by atoms with Crippen LogP contribution in [-0.4, -0.2) is 29.1 Å². The maximum absolute atomic E-state index is 10.9. The predicted octanol–water partition coefficient (Wildman–Crippen LogP) is 3.23. The molecule has 1 aromatic heterocycles. The number of nitrogens with zero attached hydrogens (tertiary/aromatic N) is 1. The molecule has 0 spiro atoms. The molecule has 0 radical (unpaired) electrons. The van der Waals surface area contributed by atoms with Gasteiger partial charge in [-0.15, -0.1) is 11.3 Å². The molecule has 1 saturated heterocycles. The molecule has 0 amide bonds. The van der Waals surface area contributed by atoms with Gasteiger partial charge in [-0.05, 0) is 43.4 Å². The topological polar surface area (TPSA) is 40.5 Å². The molecule has 2 rings (SSSR count). The zero-order valence-corrected chi connectivity index (χ0v) is 12.1. The fraction of sp³-hybridized carbons (Fsp3) is 0.643. The van der Waals surface area contributed by atoms with E-state index in [9.17, 15) is 4.79 Å². The number of thiophene rings is 1. The summed E-state index contributed by atoms with van der Waals surface area (Å²) < 4.78 is 0. The molecule has 0 saturated carbocycles. The number of rotatable bonds is 4. The van der Waals surface area contributed by atoms with Crippen molar-refractivity contribution in [2.24, 2.45) is 11.8 Å².